The molecule has 1 aliphatic carbocycles. The standard InChI is InChI=1S/C20H21ClN6OS/c1-25(12-18(28)23-16-6-4-15(21)5-7-16)13-26-20(29)27(17-8-9-17)19(24-26)14-3-2-10-22-11-14/h2-7,10-11,17H,8-9,12-13H2,1H3,(H,23,28). The van der Waals surface area contributed by atoms with Gasteiger partial charge in [0.25, 0.3) is 0 Å². The summed E-state index contributed by atoms with van der Waals surface area (Å²) in [5, 5.41) is 8.22. The molecule has 1 fully saturated rings. The topological polar surface area (TPSA) is 68.0 Å². The summed E-state index contributed by atoms with van der Waals surface area (Å²) in [5.74, 6) is 0.708. The summed E-state index contributed by atoms with van der Waals surface area (Å²) in [7, 11) is 1.86. The Balaban J connectivity index is 1.47. The van der Waals surface area contributed by atoms with E-state index in [2.05, 4.69) is 14.9 Å². The molecule has 0 spiro atoms. The molecular weight excluding hydrogens is 408 g/mol. The highest BCUT2D eigenvalue weighted by Crippen LogP contribution is 2.38. The average Bonchev–Trinajstić information content (AvgIpc) is 3.49. The molecule has 0 radical (unpaired) electrons. The van der Waals surface area contributed by atoms with E-state index < -0.39 is 0 Å². The third-order valence-corrected chi connectivity index (χ3v) is 5.28. The van der Waals surface area contributed by atoms with Gasteiger partial charge in [-0.25, -0.2) is 4.68 Å². The van der Waals surface area contributed by atoms with Crippen LogP contribution in [0.4, 0.5) is 5.69 Å². The van der Waals surface area contributed by atoms with Crippen molar-refractivity contribution in [2.75, 3.05) is 18.9 Å². The lowest BCUT2D eigenvalue weighted by Crippen LogP contribution is -2.32. The minimum Gasteiger partial charge on any atom is -0.325 e. The summed E-state index contributed by atoms with van der Waals surface area (Å²) in [6, 6.07) is 11.3. The molecule has 0 saturated heterocycles. The van der Waals surface area contributed by atoms with Crippen molar-refractivity contribution in [2.24, 2.45) is 0 Å². The van der Waals surface area contributed by atoms with E-state index in [1.165, 1.54) is 0 Å². The zero-order chi connectivity index (χ0) is 20.4. The Morgan fingerprint density at radius 1 is 1.31 bits per heavy atom. The van der Waals surface area contributed by atoms with Crippen LogP contribution in [0.3, 0.4) is 0 Å². The number of carbonyl (C=O) groups is 1. The second-order valence-corrected chi connectivity index (χ2v) is 7.96. The van der Waals surface area contributed by atoms with Gasteiger partial charge < -0.3 is 5.32 Å². The van der Waals surface area contributed by atoms with Crippen LogP contribution in [0.2, 0.25) is 5.02 Å². The molecule has 0 unspecified atom stereocenters. The fraction of sp³-hybridized carbons (Fsp3) is 0.300. The Labute approximate surface area is 178 Å². The van der Waals surface area contributed by atoms with Crippen molar-refractivity contribution in [1.82, 2.24) is 24.2 Å². The van der Waals surface area contributed by atoms with E-state index in [1.54, 1.807) is 41.3 Å². The van der Waals surface area contributed by atoms with Crippen molar-refractivity contribution in [1.29, 1.82) is 0 Å². The van der Waals surface area contributed by atoms with Gasteiger partial charge in [-0.15, -0.1) is 0 Å². The Hall–Kier alpha value is -2.55. The number of benzene rings is 1. The van der Waals surface area contributed by atoms with Gasteiger partial charge in [0.2, 0.25) is 5.91 Å². The van der Waals surface area contributed by atoms with Crippen LogP contribution >= 0.6 is 23.8 Å². The maximum absolute atomic E-state index is 12.3. The lowest BCUT2D eigenvalue weighted by Gasteiger charge is -2.16. The van der Waals surface area contributed by atoms with E-state index in [0.29, 0.717) is 28.2 Å². The second kappa shape index (κ2) is 8.44. The van der Waals surface area contributed by atoms with Crippen LogP contribution in [-0.2, 0) is 11.5 Å². The van der Waals surface area contributed by atoms with Gasteiger partial charge in [0, 0.05) is 34.7 Å². The highest BCUT2D eigenvalue weighted by atomic mass is 35.5. The van der Waals surface area contributed by atoms with E-state index in [9.17, 15) is 4.79 Å². The molecule has 0 aliphatic heterocycles. The Bertz CT molecular complexity index is 1060. The Morgan fingerprint density at radius 3 is 2.72 bits per heavy atom. The van der Waals surface area contributed by atoms with Gasteiger partial charge in [-0.3, -0.25) is 19.2 Å². The molecule has 0 atom stereocenters. The predicted molar refractivity (Wildman–Crippen MR) is 115 cm³/mol. The smallest absolute Gasteiger partial charge is 0.238 e. The lowest BCUT2D eigenvalue weighted by molar-refractivity contribution is -0.117. The van der Waals surface area contributed by atoms with E-state index >= 15 is 0 Å². The number of hydrogen-bond donors (Lipinski definition) is 1. The molecule has 1 N–H and O–H groups in total. The number of rotatable bonds is 7. The number of nitrogens with one attached hydrogen (secondary N) is 1. The molecule has 4 rings (SSSR count). The van der Waals surface area contributed by atoms with E-state index in [1.807, 2.05) is 24.1 Å². The molecule has 150 valence electrons. The molecule has 7 nitrogen and oxygen atoms in total. The SMILES string of the molecule is CN(CC(=O)Nc1ccc(Cl)cc1)Cn1nc(-c2cccnc2)n(C2CC2)c1=S. The predicted octanol–water partition coefficient (Wildman–Crippen LogP) is 3.99. The number of nitrogens with zero attached hydrogens (tertiary/aromatic N) is 5. The zero-order valence-corrected chi connectivity index (χ0v) is 17.5. The summed E-state index contributed by atoms with van der Waals surface area (Å²) in [6.45, 7) is 0.628. The van der Waals surface area contributed by atoms with Crippen molar-refractivity contribution in [3.05, 3.63) is 58.6 Å². The first-order chi connectivity index (χ1) is 14.0. The summed E-state index contributed by atoms with van der Waals surface area (Å²) in [5.41, 5.74) is 1.65. The summed E-state index contributed by atoms with van der Waals surface area (Å²) >= 11 is 11.6. The van der Waals surface area contributed by atoms with Crippen LogP contribution in [0.5, 0.6) is 0 Å². The normalized spacial score (nSPS) is 13.6. The Kier molecular flexibility index (Phi) is 5.75. The van der Waals surface area contributed by atoms with Gasteiger partial charge in [-0.05, 0) is 68.5 Å². The number of carbonyl (C=O) groups excluding carboxylic acids is 1. The number of halogens is 1. The van der Waals surface area contributed by atoms with Crippen LogP contribution < -0.4 is 5.32 Å². The van der Waals surface area contributed by atoms with Crippen LogP contribution in [0.25, 0.3) is 11.4 Å². The number of hydrogen-bond acceptors (Lipinski definition) is 5. The molecule has 0 bridgehead atoms. The number of amides is 1. The van der Waals surface area contributed by atoms with Gasteiger partial charge in [0.05, 0.1) is 13.2 Å². The van der Waals surface area contributed by atoms with Gasteiger partial charge in [-0.1, -0.05) is 11.6 Å². The third-order valence-electron chi connectivity index (χ3n) is 4.62. The summed E-state index contributed by atoms with van der Waals surface area (Å²) < 4.78 is 4.54. The molecule has 1 saturated carbocycles. The van der Waals surface area contributed by atoms with Gasteiger partial charge >= 0.3 is 0 Å². The molecule has 29 heavy (non-hydrogen) atoms. The van der Waals surface area contributed by atoms with E-state index in [4.69, 9.17) is 28.9 Å². The van der Waals surface area contributed by atoms with Crippen LogP contribution in [-0.4, -0.2) is 43.7 Å². The highest BCUT2D eigenvalue weighted by Gasteiger charge is 2.29. The summed E-state index contributed by atoms with van der Waals surface area (Å²) in [6.07, 6.45) is 5.74. The Morgan fingerprint density at radius 2 is 2.07 bits per heavy atom. The average molecular weight is 429 g/mol. The number of likely N-dealkylation sites (N-methyl/N-ethyl adjacent to an activating group) is 1. The molecule has 9 heteroatoms. The monoisotopic (exact) mass is 428 g/mol. The van der Waals surface area contributed by atoms with Crippen LogP contribution in [0.15, 0.2) is 48.8 Å². The fourth-order valence-corrected chi connectivity index (χ4v) is 3.58. The first-order valence-electron chi connectivity index (χ1n) is 9.35. The molecule has 3 aromatic rings. The van der Waals surface area contributed by atoms with E-state index in [0.717, 1.165) is 24.2 Å². The first-order valence-corrected chi connectivity index (χ1v) is 10.1. The van der Waals surface area contributed by atoms with E-state index in [-0.39, 0.29) is 12.5 Å². The summed E-state index contributed by atoms with van der Waals surface area (Å²) in [4.78, 5) is 18.4. The van der Waals surface area contributed by atoms with Crippen LogP contribution in [0, 0.1) is 4.77 Å². The third kappa shape index (κ3) is 4.72. The number of aromatic nitrogens is 4. The van der Waals surface area contributed by atoms with Gasteiger partial charge in [0.15, 0.2) is 10.6 Å². The van der Waals surface area contributed by atoms with Gasteiger partial charge in [0.1, 0.15) is 0 Å². The first kappa shape index (κ1) is 19.8. The van der Waals surface area contributed by atoms with Gasteiger partial charge in [-0.2, -0.15) is 5.10 Å². The van der Waals surface area contributed by atoms with Crippen molar-refractivity contribution in [2.45, 2.75) is 25.6 Å². The molecule has 1 aromatic carbocycles. The molecule has 2 aromatic heterocycles. The van der Waals surface area contributed by atoms with Crippen LogP contribution in [0.1, 0.15) is 18.9 Å². The highest BCUT2D eigenvalue weighted by molar-refractivity contribution is 7.71. The zero-order valence-electron chi connectivity index (χ0n) is 16.0. The minimum atomic E-state index is -0.115. The largest absolute Gasteiger partial charge is 0.325 e. The molecule has 2 heterocycles. The van der Waals surface area contributed by atoms with Crippen molar-refractivity contribution < 1.29 is 4.79 Å². The second-order valence-electron chi connectivity index (χ2n) is 7.16. The number of pyridine rings is 1. The fourth-order valence-electron chi connectivity index (χ4n) is 3.12. The maximum atomic E-state index is 12.3. The molecule has 1 aliphatic rings. The quantitative estimate of drug-likeness (QED) is 0.576. The van der Waals surface area contributed by atoms with Crippen molar-refractivity contribution in [3.63, 3.8) is 0 Å². The van der Waals surface area contributed by atoms with Crippen molar-refractivity contribution >= 4 is 35.4 Å². The number of anilines is 1. The van der Waals surface area contributed by atoms with Crippen molar-refractivity contribution in [3.8, 4) is 11.4 Å². The maximum Gasteiger partial charge on any atom is 0.238 e. The molecular formula is C20H21ClN6OS. The molecule has 1 amide bonds. The lowest BCUT2D eigenvalue weighted by atomic mass is 10.3. The minimum absolute atomic E-state index is 0.115.